The summed E-state index contributed by atoms with van der Waals surface area (Å²) in [6.45, 7) is 1.60. The van der Waals surface area contributed by atoms with Crippen LogP contribution < -0.4 is 11.4 Å². The Labute approximate surface area is 178 Å². The number of aryl methyl sites for hydroxylation is 2. The maximum atomic E-state index is 13.0. The Morgan fingerprint density at radius 2 is 1.84 bits per heavy atom. The van der Waals surface area contributed by atoms with E-state index < -0.39 is 0 Å². The van der Waals surface area contributed by atoms with Crippen LogP contribution >= 0.6 is 0 Å². The van der Waals surface area contributed by atoms with Gasteiger partial charge in [0.15, 0.2) is 5.82 Å². The quantitative estimate of drug-likeness (QED) is 0.477. The zero-order valence-corrected chi connectivity index (χ0v) is 17.4. The van der Waals surface area contributed by atoms with Crippen molar-refractivity contribution < 1.29 is 0 Å². The topological polar surface area (TPSA) is 86.6 Å². The molecule has 1 aliphatic heterocycles. The highest BCUT2D eigenvalue weighted by molar-refractivity contribution is 5.98. The van der Waals surface area contributed by atoms with Gasteiger partial charge in [-0.05, 0) is 37.4 Å². The molecule has 1 atom stereocenters. The molecule has 7 heteroatoms. The van der Waals surface area contributed by atoms with Gasteiger partial charge in [-0.2, -0.15) is 5.10 Å². The van der Waals surface area contributed by atoms with Crippen molar-refractivity contribution in [2.45, 2.75) is 19.4 Å². The summed E-state index contributed by atoms with van der Waals surface area (Å²) in [4.78, 5) is 13.0. The number of rotatable bonds is 3. The average molecular weight is 412 g/mol. The van der Waals surface area contributed by atoms with Gasteiger partial charge < -0.3 is 14.9 Å². The highest BCUT2D eigenvalue weighted by Crippen LogP contribution is 2.39. The van der Waals surface area contributed by atoms with Crippen molar-refractivity contribution in [3.8, 4) is 17.1 Å². The zero-order chi connectivity index (χ0) is 21.1. The number of para-hydroxylation sites is 2. The molecule has 7 nitrogen and oxygen atoms in total. The van der Waals surface area contributed by atoms with Crippen LogP contribution in [0.15, 0.2) is 59.5 Å². The third-order valence-electron chi connectivity index (χ3n) is 6.67. The molecule has 0 saturated heterocycles. The number of hydrogen-bond donors (Lipinski definition) is 2. The van der Waals surface area contributed by atoms with E-state index in [1.165, 1.54) is 11.2 Å². The fourth-order valence-corrected chi connectivity index (χ4v) is 5.15. The summed E-state index contributed by atoms with van der Waals surface area (Å²) in [5, 5.41) is 9.38. The highest BCUT2D eigenvalue weighted by atomic mass is 16.1. The van der Waals surface area contributed by atoms with E-state index in [1.54, 1.807) is 4.57 Å². The fraction of sp³-hybridized carbons (Fsp3) is 0.250. The Morgan fingerprint density at radius 3 is 2.65 bits per heavy atom. The van der Waals surface area contributed by atoms with Crippen molar-refractivity contribution in [3.63, 3.8) is 0 Å². The van der Waals surface area contributed by atoms with E-state index in [-0.39, 0.29) is 5.69 Å². The van der Waals surface area contributed by atoms with E-state index >= 15 is 0 Å². The molecule has 5 aromatic rings. The van der Waals surface area contributed by atoms with Gasteiger partial charge >= 0.3 is 5.69 Å². The van der Waals surface area contributed by atoms with Crippen LogP contribution in [0.2, 0.25) is 0 Å². The third kappa shape index (κ3) is 2.56. The smallest absolute Gasteiger partial charge is 0.348 e. The molecular formula is C24H24N6O. The molecule has 4 heterocycles. The summed E-state index contributed by atoms with van der Waals surface area (Å²) in [5.74, 6) is 1.09. The Hall–Kier alpha value is -3.58. The molecule has 3 N–H and O–H groups in total. The molecule has 3 aromatic heterocycles. The molecule has 0 aliphatic carbocycles. The molecule has 31 heavy (non-hydrogen) atoms. The van der Waals surface area contributed by atoms with E-state index in [0.29, 0.717) is 18.3 Å². The Balaban J connectivity index is 1.68. The molecule has 1 aliphatic rings. The second kappa shape index (κ2) is 6.72. The lowest BCUT2D eigenvalue weighted by Crippen LogP contribution is -2.25. The predicted molar refractivity (Wildman–Crippen MR) is 122 cm³/mol. The number of nitrogens with two attached hydrogens (primary N) is 1. The second-order valence-electron chi connectivity index (χ2n) is 8.42. The average Bonchev–Trinajstić information content (AvgIpc) is 3.44. The molecule has 156 valence electrons. The normalized spacial score (nSPS) is 16.3. The number of fused-ring (bicyclic) bond motifs is 4. The number of hydrogen-bond acceptors (Lipinski definition) is 3. The molecule has 6 rings (SSSR count). The summed E-state index contributed by atoms with van der Waals surface area (Å²) < 4.78 is 6.14. The van der Waals surface area contributed by atoms with Crippen molar-refractivity contribution in [3.05, 3.63) is 70.9 Å². The van der Waals surface area contributed by atoms with Gasteiger partial charge in [0.05, 0.1) is 5.69 Å². The van der Waals surface area contributed by atoms with Crippen LogP contribution in [0, 0.1) is 5.92 Å². The predicted octanol–water partition coefficient (Wildman–Crippen LogP) is 3.20. The van der Waals surface area contributed by atoms with Crippen molar-refractivity contribution in [1.29, 1.82) is 0 Å². The van der Waals surface area contributed by atoms with Crippen LogP contribution in [-0.4, -0.2) is 30.4 Å². The van der Waals surface area contributed by atoms with Gasteiger partial charge in [0.25, 0.3) is 0 Å². The van der Waals surface area contributed by atoms with Gasteiger partial charge in [-0.15, -0.1) is 0 Å². The number of aromatic amines is 1. The minimum absolute atomic E-state index is 0.235. The van der Waals surface area contributed by atoms with Crippen LogP contribution in [-0.2, 0) is 20.0 Å². The SMILES string of the molecule is Cn1cc(-n2c(-c3c4n(c5ccccc35)CCC(CN)C4)n[nH]c2=O)c2ccccc21. The minimum Gasteiger partial charge on any atom is -0.348 e. The zero-order valence-electron chi connectivity index (χ0n) is 17.4. The van der Waals surface area contributed by atoms with E-state index in [2.05, 4.69) is 39.0 Å². The van der Waals surface area contributed by atoms with Crippen LogP contribution in [0.25, 0.3) is 38.9 Å². The van der Waals surface area contributed by atoms with Gasteiger partial charge in [-0.25, -0.2) is 14.5 Å². The standard InChI is InChI=1S/C24H24N6O/c1-28-14-21(16-6-2-4-8-18(16)28)30-23(26-27-24(30)31)22-17-7-3-5-9-19(17)29-11-10-15(13-25)12-20(22)29/h2-9,14-15H,10-13,25H2,1H3,(H,27,31). The molecule has 0 radical (unpaired) electrons. The minimum atomic E-state index is -0.235. The van der Waals surface area contributed by atoms with E-state index in [4.69, 9.17) is 5.73 Å². The Morgan fingerprint density at radius 1 is 1.10 bits per heavy atom. The van der Waals surface area contributed by atoms with Gasteiger partial charge in [0.1, 0.15) is 0 Å². The van der Waals surface area contributed by atoms with Crippen LogP contribution in [0.1, 0.15) is 12.1 Å². The molecule has 2 aromatic carbocycles. The number of H-pyrrole nitrogens is 1. The summed E-state index contributed by atoms with van der Waals surface area (Å²) in [6, 6.07) is 16.5. The first-order chi connectivity index (χ1) is 15.2. The second-order valence-corrected chi connectivity index (χ2v) is 8.42. The van der Waals surface area contributed by atoms with Gasteiger partial charge in [0.2, 0.25) is 0 Å². The van der Waals surface area contributed by atoms with Crippen molar-refractivity contribution in [2.75, 3.05) is 6.54 Å². The van der Waals surface area contributed by atoms with Crippen molar-refractivity contribution in [1.82, 2.24) is 23.9 Å². The molecule has 0 bridgehead atoms. The van der Waals surface area contributed by atoms with E-state index in [9.17, 15) is 4.79 Å². The maximum absolute atomic E-state index is 13.0. The summed E-state index contributed by atoms with van der Waals surface area (Å²) >= 11 is 0. The van der Waals surface area contributed by atoms with E-state index in [0.717, 1.165) is 46.9 Å². The largest absolute Gasteiger partial charge is 0.348 e. The lowest BCUT2D eigenvalue weighted by atomic mass is 9.94. The number of nitrogens with zero attached hydrogens (tertiary/aromatic N) is 4. The Bertz CT molecular complexity index is 1500. The number of aromatic nitrogens is 5. The van der Waals surface area contributed by atoms with Crippen molar-refractivity contribution >= 4 is 21.8 Å². The monoisotopic (exact) mass is 412 g/mol. The summed E-state index contributed by atoms with van der Waals surface area (Å²) in [7, 11) is 2.00. The van der Waals surface area contributed by atoms with Gasteiger partial charge in [-0.1, -0.05) is 36.4 Å². The van der Waals surface area contributed by atoms with Gasteiger partial charge in [-0.3, -0.25) is 0 Å². The molecule has 0 spiro atoms. The molecule has 0 saturated carbocycles. The number of nitrogens with one attached hydrogen (secondary N) is 1. The molecule has 0 amide bonds. The first-order valence-corrected chi connectivity index (χ1v) is 10.7. The molecule has 1 unspecified atom stereocenters. The van der Waals surface area contributed by atoms with Crippen LogP contribution in [0.3, 0.4) is 0 Å². The van der Waals surface area contributed by atoms with Gasteiger partial charge in [0, 0.05) is 52.9 Å². The lowest BCUT2D eigenvalue weighted by molar-refractivity contribution is 0.403. The van der Waals surface area contributed by atoms with Crippen LogP contribution in [0.5, 0.6) is 0 Å². The van der Waals surface area contributed by atoms with E-state index in [1.807, 2.05) is 42.1 Å². The fourth-order valence-electron chi connectivity index (χ4n) is 5.15. The highest BCUT2D eigenvalue weighted by Gasteiger charge is 2.28. The summed E-state index contributed by atoms with van der Waals surface area (Å²) in [6.07, 6.45) is 3.95. The first-order valence-electron chi connectivity index (χ1n) is 10.7. The molecule has 0 fully saturated rings. The molecular weight excluding hydrogens is 388 g/mol. The summed E-state index contributed by atoms with van der Waals surface area (Å²) in [5.41, 5.74) is 11.1. The first kappa shape index (κ1) is 18.2. The lowest BCUT2D eigenvalue weighted by Gasteiger charge is -2.24. The maximum Gasteiger partial charge on any atom is 0.348 e. The Kier molecular flexibility index (Phi) is 3.94. The van der Waals surface area contributed by atoms with Crippen molar-refractivity contribution in [2.24, 2.45) is 18.7 Å². The van der Waals surface area contributed by atoms with Crippen LogP contribution in [0.4, 0.5) is 0 Å². The number of benzene rings is 2. The third-order valence-corrected chi connectivity index (χ3v) is 6.67.